The van der Waals surface area contributed by atoms with Crippen LogP contribution >= 0.6 is 0 Å². The Hall–Kier alpha value is -1.45. The number of Topliss-reactive ketones (excluding diaryl/α,β-unsaturated/α-hetero) is 1. The monoisotopic (exact) mass is 454 g/mol. The average Bonchev–Trinajstić information content (AvgIpc) is 3.02. The molecule has 2 saturated carbocycles. The van der Waals surface area contributed by atoms with Gasteiger partial charge in [-0.3, -0.25) is 9.52 Å². The number of hydrogen-bond donors (Lipinski definition) is 1. The minimum absolute atomic E-state index is 0.0529. The Balaban J connectivity index is 1.50. The van der Waals surface area contributed by atoms with Crippen molar-refractivity contribution in [3.63, 3.8) is 0 Å². The van der Waals surface area contributed by atoms with Gasteiger partial charge in [0.15, 0.2) is 0 Å². The van der Waals surface area contributed by atoms with Crippen molar-refractivity contribution in [3.05, 3.63) is 24.3 Å². The lowest BCUT2D eigenvalue weighted by atomic mass is 9.70. The Morgan fingerprint density at radius 1 is 1.03 bits per heavy atom. The van der Waals surface area contributed by atoms with Crippen LogP contribution in [0.15, 0.2) is 29.2 Å². The number of nitrogens with one attached hydrogen (secondary N) is 1. The molecule has 7 nitrogen and oxygen atoms in total. The molecule has 4 rings (SSSR count). The second kappa shape index (κ2) is 7.31. The minimum Gasteiger partial charge on any atom is -0.299 e. The molecule has 3 aliphatic rings. The van der Waals surface area contributed by atoms with E-state index in [0.717, 1.165) is 25.7 Å². The number of anilines is 1. The van der Waals surface area contributed by atoms with Crippen molar-refractivity contribution in [2.45, 2.75) is 57.3 Å². The van der Waals surface area contributed by atoms with Gasteiger partial charge in [-0.25, -0.2) is 16.8 Å². The van der Waals surface area contributed by atoms with Gasteiger partial charge in [0.25, 0.3) is 0 Å². The first kappa shape index (κ1) is 21.8. The van der Waals surface area contributed by atoms with Crippen LogP contribution in [-0.4, -0.2) is 45.8 Å². The summed E-state index contributed by atoms with van der Waals surface area (Å²) < 4.78 is 55.4. The van der Waals surface area contributed by atoms with E-state index in [9.17, 15) is 21.6 Å². The van der Waals surface area contributed by atoms with Gasteiger partial charge in [-0.2, -0.15) is 4.31 Å². The van der Waals surface area contributed by atoms with E-state index >= 15 is 0 Å². The molecule has 1 heterocycles. The summed E-state index contributed by atoms with van der Waals surface area (Å²) in [5.41, 5.74) is -0.853. The summed E-state index contributed by atoms with van der Waals surface area (Å²) in [7, 11) is -7.33. The summed E-state index contributed by atoms with van der Waals surface area (Å²) in [6.45, 7) is 5.05. The molecule has 9 heteroatoms. The normalized spacial score (nSPS) is 29.3. The van der Waals surface area contributed by atoms with Crippen LogP contribution in [-0.2, 0) is 24.8 Å². The smallest absolute Gasteiger partial charge is 0.243 e. The van der Waals surface area contributed by atoms with Crippen LogP contribution in [0.3, 0.4) is 0 Å². The second-order valence-electron chi connectivity index (χ2n) is 9.52. The molecule has 1 saturated heterocycles. The number of nitrogens with zero attached hydrogens (tertiary/aromatic N) is 1. The summed E-state index contributed by atoms with van der Waals surface area (Å²) in [5, 5.41) is 0. The van der Waals surface area contributed by atoms with Crippen molar-refractivity contribution in [2.24, 2.45) is 16.7 Å². The van der Waals surface area contributed by atoms with Crippen LogP contribution < -0.4 is 4.72 Å². The number of rotatable bonds is 6. The van der Waals surface area contributed by atoms with Gasteiger partial charge in [0.1, 0.15) is 5.78 Å². The van der Waals surface area contributed by atoms with Crippen LogP contribution in [0.1, 0.15) is 52.4 Å². The molecule has 1 aliphatic heterocycles. The third-order valence-electron chi connectivity index (χ3n) is 7.66. The van der Waals surface area contributed by atoms with Crippen LogP contribution in [0.25, 0.3) is 0 Å². The average molecular weight is 455 g/mol. The van der Waals surface area contributed by atoms with E-state index in [1.807, 2.05) is 13.8 Å². The predicted octanol–water partition coefficient (Wildman–Crippen LogP) is 3.00. The molecule has 30 heavy (non-hydrogen) atoms. The van der Waals surface area contributed by atoms with E-state index in [1.165, 1.54) is 28.6 Å². The van der Waals surface area contributed by atoms with Crippen LogP contribution in [0.5, 0.6) is 0 Å². The molecule has 1 aromatic rings. The number of fused-ring (bicyclic) bond motifs is 2. The van der Waals surface area contributed by atoms with Crippen molar-refractivity contribution in [2.75, 3.05) is 23.6 Å². The van der Waals surface area contributed by atoms with Crippen molar-refractivity contribution < 1.29 is 21.6 Å². The van der Waals surface area contributed by atoms with Crippen molar-refractivity contribution >= 4 is 31.5 Å². The third kappa shape index (κ3) is 3.48. The second-order valence-corrected chi connectivity index (χ2v) is 13.2. The summed E-state index contributed by atoms with van der Waals surface area (Å²) in [6, 6.07) is 5.84. The standard InChI is InChI=1S/C21H30N2O5S2/c1-20(2)16-10-11-21(20,19(24)14-16)15-29(25,26)22-17-6-8-18(9-7-17)30(27,28)23-12-4-3-5-13-23/h6-9,16,22H,3-5,10-15H2,1-2H3/t16-,21+/m0/s1. The third-order valence-corrected chi connectivity index (χ3v) is 11.0. The number of hydrogen-bond acceptors (Lipinski definition) is 5. The van der Waals surface area contributed by atoms with E-state index in [4.69, 9.17) is 0 Å². The largest absolute Gasteiger partial charge is 0.299 e. The van der Waals surface area contributed by atoms with Gasteiger partial charge in [0, 0.05) is 25.2 Å². The quantitative estimate of drug-likeness (QED) is 0.712. The lowest BCUT2D eigenvalue weighted by molar-refractivity contribution is -0.128. The zero-order valence-electron chi connectivity index (χ0n) is 17.6. The summed E-state index contributed by atoms with van der Waals surface area (Å²) >= 11 is 0. The highest BCUT2D eigenvalue weighted by molar-refractivity contribution is 7.92. The SMILES string of the molecule is CC1(C)[C@H]2CC[C@@]1(CS(=O)(=O)Nc1ccc(S(=O)(=O)N3CCCCC3)cc1)C(=O)C2. The highest BCUT2D eigenvalue weighted by Gasteiger charge is 2.65. The molecule has 0 amide bonds. The maximum atomic E-state index is 12.9. The van der Waals surface area contributed by atoms with Gasteiger partial charge in [-0.15, -0.1) is 0 Å². The molecule has 0 spiro atoms. The number of piperidine rings is 1. The van der Waals surface area contributed by atoms with Crippen LogP contribution in [0, 0.1) is 16.7 Å². The summed E-state index contributed by atoms with van der Waals surface area (Å²) in [6.07, 6.45) is 4.71. The summed E-state index contributed by atoms with van der Waals surface area (Å²) in [5.74, 6) is 0.0764. The highest BCUT2D eigenvalue weighted by Crippen LogP contribution is 2.64. The van der Waals surface area contributed by atoms with Crippen molar-refractivity contribution in [3.8, 4) is 0 Å². The lowest BCUT2D eigenvalue weighted by Gasteiger charge is -2.36. The first-order valence-corrected chi connectivity index (χ1v) is 13.7. The number of carbonyl (C=O) groups excluding carboxylic acids is 1. The Labute approximate surface area is 179 Å². The van der Waals surface area contributed by atoms with Gasteiger partial charge < -0.3 is 0 Å². The van der Waals surface area contributed by atoms with Crippen LogP contribution in [0.4, 0.5) is 5.69 Å². The molecule has 0 radical (unpaired) electrons. The van der Waals surface area contributed by atoms with Gasteiger partial charge >= 0.3 is 0 Å². The Bertz CT molecular complexity index is 1040. The van der Waals surface area contributed by atoms with Crippen molar-refractivity contribution in [1.82, 2.24) is 4.31 Å². The van der Waals surface area contributed by atoms with Gasteiger partial charge in [-0.1, -0.05) is 20.3 Å². The molecule has 3 fully saturated rings. The Morgan fingerprint density at radius 3 is 2.20 bits per heavy atom. The van der Waals surface area contributed by atoms with Gasteiger partial charge in [-0.05, 0) is 61.3 Å². The van der Waals surface area contributed by atoms with E-state index in [2.05, 4.69) is 4.72 Å². The maximum absolute atomic E-state index is 12.9. The molecule has 2 bridgehead atoms. The molecule has 1 N–H and O–H groups in total. The first-order chi connectivity index (χ1) is 14.0. The molecular weight excluding hydrogens is 424 g/mol. The molecule has 0 aromatic heterocycles. The van der Waals surface area contributed by atoms with Crippen molar-refractivity contribution in [1.29, 1.82) is 0 Å². The molecule has 2 atom stereocenters. The maximum Gasteiger partial charge on any atom is 0.243 e. The lowest BCUT2D eigenvalue weighted by Crippen LogP contribution is -2.43. The zero-order chi connectivity index (χ0) is 21.8. The number of benzene rings is 1. The molecule has 2 aliphatic carbocycles. The fourth-order valence-corrected chi connectivity index (χ4v) is 9.01. The number of carbonyl (C=O) groups is 1. The van der Waals surface area contributed by atoms with E-state index < -0.39 is 25.5 Å². The topological polar surface area (TPSA) is 101 Å². The van der Waals surface area contributed by atoms with Crippen LogP contribution in [0.2, 0.25) is 0 Å². The van der Waals surface area contributed by atoms with Gasteiger partial charge in [0.05, 0.1) is 16.1 Å². The fourth-order valence-electron chi connectivity index (χ4n) is 5.60. The molecular formula is C21H30N2O5S2. The van der Waals surface area contributed by atoms with E-state index in [1.54, 1.807) is 0 Å². The Kier molecular flexibility index (Phi) is 5.30. The first-order valence-electron chi connectivity index (χ1n) is 10.6. The van der Waals surface area contributed by atoms with E-state index in [-0.39, 0.29) is 27.8 Å². The molecule has 0 unspecified atom stereocenters. The number of ketones is 1. The number of sulfonamides is 2. The molecule has 166 valence electrons. The summed E-state index contributed by atoms with van der Waals surface area (Å²) in [4.78, 5) is 12.8. The molecule has 1 aromatic carbocycles. The minimum atomic E-state index is -3.77. The van der Waals surface area contributed by atoms with E-state index in [0.29, 0.717) is 31.6 Å². The highest BCUT2D eigenvalue weighted by atomic mass is 32.2. The fraction of sp³-hybridized carbons (Fsp3) is 0.667. The Morgan fingerprint density at radius 2 is 1.67 bits per heavy atom. The zero-order valence-corrected chi connectivity index (χ0v) is 19.2. The predicted molar refractivity (Wildman–Crippen MR) is 115 cm³/mol. The van der Waals surface area contributed by atoms with Gasteiger partial charge in [0.2, 0.25) is 20.0 Å².